The number of rotatable bonds is 3. The number of nitriles is 1. The van der Waals surface area contributed by atoms with Crippen LogP contribution in [0.4, 0.5) is 5.69 Å². The topological polar surface area (TPSA) is 119 Å². The summed E-state index contributed by atoms with van der Waals surface area (Å²) in [5.41, 5.74) is 4.08. The van der Waals surface area contributed by atoms with Crippen molar-refractivity contribution in [2.45, 2.75) is 0 Å². The molecule has 1 rings (SSSR count). The second kappa shape index (κ2) is 4.27. The molecule has 1 aromatic rings. The molecule has 0 heterocycles. The van der Waals surface area contributed by atoms with E-state index < -0.39 is 16.5 Å². The van der Waals surface area contributed by atoms with Crippen molar-refractivity contribution < 1.29 is 14.5 Å². The van der Waals surface area contributed by atoms with Crippen LogP contribution in [-0.4, -0.2) is 17.9 Å². The molecule has 0 aliphatic carbocycles. The number of ether oxygens (including phenoxy) is 1. The number of nitrogens with zero attached hydrogens (tertiary/aromatic N) is 2. The number of primary amides is 1. The third-order valence-electron chi connectivity index (χ3n) is 1.90. The van der Waals surface area contributed by atoms with E-state index in [-0.39, 0.29) is 16.9 Å². The lowest BCUT2D eigenvalue weighted by atomic mass is 10.1. The maximum atomic E-state index is 11.0. The highest BCUT2D eigenvalue weighted by Crippen LogP contribution is 2.33. The van der Waals surface area contributed by atoms with Gasteiger partial charge in [-0.15, -0.1) is 0 Å². The van der Waals surface area contributed by atoms with Crippen molar-refractivity contribution in [3.05, 3.63) is 33.4 Å². The summed E-state index contributed by atoms with van der Waals surface area (Å²) in [7, 11) is 1.17. The lowest BCUT2D eigenvalue weighted by Crippen LogP contribution is -2.14. The first kappa shape index (κ1) is 11.5. The third kappa shape index (κ3) is 1.76. The molecule has 0 bridgehead atoms. The van der Waals surface area contributed by atoms with Crippen LogP contribution >= 0.6 is 0 Å². The minimum absolute atomic E-state index is 0.0285. The van der Waals surface area contributed by atoms with Gasteiger partial charge in [0.2, 0.25) is 5.75 Å². The zero-order chi connectivity index (χ0) is 12.3. The summed E-state index contributed by atoms with van der Waals surface area (Å²) in [5, 5.41) is 19.5. The fourth-order valence-electron chi connectivity index (χ4n) is 1.25. The maximum absolute atomic E-state index is 11.0. The Morgan fingerprint density at radius 3 is 2.62 bits per heavy atom. The Bertz CT molecular complexity index is 504. The molecule has 1 amide bonds. The molecule has 82 valence electrons. The van der Waals surface area contributed by atoms with Crippen LogP contribution in [0, 0.1) is 21.4 Å². The predicted octanol–water partition coefficient (Wildman–Crippen LogP) is 0.574. The largest absolute Gasteiger partial charge is 0.489 e. The number of nitrogens with two attached hydrogens (primary N) is 1. The van der Waals surface area contributed by atoms with Crippen molar-refractivity contribution in [2.75, 3.05) is 7.11 Å². The van der Waals surface area contributed by atoms with Gasteiger partial charge in [-0.05, 0) is 12.1 Å². The molecule has 0 saturated carbocycles. The molecule has 7 nitrogen and oxygen atoms in total. The van der Waals surface area contributed by atoms with Crippen LogP contribution in [0.3, 0.4) is 0 Å². The van der Waals surface area contributed by atoms with Crippen molar-refractivity contribution in [1.29, 1.82) is 5.26 Å². The van der Waals surface area contributed by atoms with Gasteiger partial charge in [-0.25, -0.2) is 0 Å². The summed E-state index contributed by atoms with van der Waals surface area (Å²) in [6.07, 6.45) is 0. The highest BCUT2D eigenvalue weighted by Gasteiger charge is 2.26. The molecule has 0 spiro atoms. The molecule has 0 saturated heterocycles. The number of methoxy groups -OCH3 is 1. The molecule has 0 fully saturated rings. The van der Waals surface area contributed by atoms with Crippen LogP contribution in [0.2, 0.25) is 0 Å². The van der Waals surface area contributed by atoms with E-state index in [0.717, 1.165) is 6.07 Å². The van der Waals surface area contributed by atoms with E-state index in [1.165, 1.54) is 13.2 Å². The van der Waals surface area contributed by atoms with Crippen molar-refractivity contribution in [3.63, 3.8) is 0 Å². The van der Waals surface area contributed by atoms with Crippen molar-refractivity contribution >= 4 is 11.6 Å². The molecule has 0 unspecified atom stereocenters. The molecule has 0 aliphatic rings. The van der Waals surface area contributed by atoms with Crippen LogP contribution in [0.1, 0.15) is 15.9 Å². The summed E-state index contributed by atoms with van der Waals surface area (Å²) in [6, 6.07) is 4.09. The van der Waals surface area contributed by atoms with Gasteiger partial charge >= 0.3 is 5.69 Å². The van der Waals surface area contributed by atoms with Gasteiger partial charge in [0.05, 0.1) is 12.0 Å². The zero-order valence-corrected chi connectivity index (χ0v) is 8.26. The van der Waals surface area contributed by atoms with Crippen LogP contribution in [-0.2, 0) is 0 Å². The summed E-state index contributed by atoms with van der Waals surface area (Å²) < 4.78 is 4.75. The highest BCUT2D eigenvalue weighted by atomic mass is 16.6. The zero-order valence-electron chi connectivity index (χ0n) is 8.26. The van der Waals surface area contributed by atoms with Gasteiger partial charge in [-0.3, -0.25) is 14.9 Å². The molecule has 1 aromatic carbocycles. The van der Waals surface area contributed by atoms with Gasteiger partial charge < -0.3 is 10.5 Å². The average molecular weight is 221 g/mol. The first-order valence-corrected chi connectivity index (χ1v) is 4.08. The van der Waals surface area contributed by atoms with Gasteiger partial charge in [0.1, 0.15) is 17.2 Å². The minimum Gasteiger partial charge on any atom is -0.489 e. The molecule has 0 aliphatic heterocycles. The summed E-state index contributed by atoms with van der Waals surface area (Å²) in [5.74, 6) is -1.21. The van der Waals surface area contributed by atoms with Crippen LogP contribution in [0.5, 0.6) is 5.75 Å². The second-order valence-electron chi connectivity index (χ2n) is 2.78. The normalized spacial score (nSPS) is 9.25. The van der Waals surface area contributed by atoms with Gasteiger partial charge in [-0.2, -0.15) is 5.26 Å². The summed E-state index contributed by atoms with van der Waals surface area (Å²) in [4.78, 5) is 20.9. The van der Waals surface area contributed by atoms with Crippen molar-refractivity contribution in [2.24, 2.45) is 5.73 Å². The van der Waals surface area contributed by atoms with E-state index in [9.17, 15) is 14.9 Å². The van der Waals surface area contributed by atoms with E-state index >= 15 is 0 Å². The third-order valence-corrected chi connectivity index (χ3v) is 1.90. The fourth-order valence-corrected chi connectivity index (χ4v) is 1.25. The van der Waals surface area contributed by atoms with Gasteiger partial charge in [0, 0.05) is 0 Å². The molecule has 0 aromatic heterocycles. The van der Waals surface area contributed by atoms with E-state index in [1.807, 2.05) is 0 Å². The molecule has 16 heavy (non-hydrogen) atoms. The van der Waals surface area contributed by atoms with E-state index in [2.05, 4.69) is 0 Å². The maximum Gasteiger partial charge on any atom is 0.325 e. The van der Waals surface area contributed by atoms with Gasteiger partial charge in [0.15, 0.2) is 0 Å². The van der Waals surface area contributed by atoms with Gasteiger partial charge in [0.25, 0.3) is 5.91 Å². The highest BCUT2D eigenvalue weighted by molar-refractivity contribution is 5.98. The quantitative estimate of drug-likeness (QED) is 0.591. The molecular formula is C9H7N3O4. The number of hydrogen-bond donors (Lipinski definition) is 1. The Labute approximate surface area is 90.2 Å². The fraction of sp³-hybridized carbons (Fsp3) is 0.111. The first-order chi connectivity index (χ1) is 7.52. The Morgan fingerprint density at radius 1 is 1.62 bits per heavy atom. The number of carbonyl (C=O) groups is 1. The minimum atomic E-state index is -0.950. The monoisotopic (exact) mass is 221 g/mol. The Balaban J connectivity index is 3.65. The SMILES string of the molecule is COc1c(C#N)ccc(C(N)=O)c1[N+](=O)[O-]. The van der Waals surface area contributed by atoms with Crippen LogP contribution in [0.25, 0.3) is 0 Å². The van der Waals surface area contributed by atoms with E-state index in [4.69, 9.17) is 15.7 Å². The van der Waals surface area contributed by atoms with Crippen LogP contribution < -0.4 is 10.5 Å². The van der Waals surface area contributed by atoms with E-state index in [0.29, 0.717) is 0 Å². The lowest BCUT2D eigenvalue weighted by Gasteiger charge is -2.05. The number of carbonyl (C=O) groups excluding carboxylic acids is 1. The smallest absolute Gasteiger partial charge is 0.325 e. The average Bonchev–Trinajstić information content (AvgIpc) is 2.26. The number of benzene rings is 1. The predicted molar refractivity (Wildman–Crippen MR) is 52.9 cm³/mol. The number of hydrogen-bond acceptors (Lipinski definition) is 5. The Morgan fingerprint density at radius 2 is 2.25 bits per heavy atom. The number of nitro benzene ring substituents is 1. The summed E-state index contributed by atoms with van der Waals surface area (Å²) in [6.45, 7) is 0. The Hall–Kier alpha value is -2.62. The van der Waals surface area contributed by atoms with Gasteiger partial charge in [-0.1, -0.05) is 0 Å². The molecule has 7 heteroatoms. The van der Waals surface area contributed by atoms with Crippen molar-refractivity contribution in [1.82, 2.24) is 0 Å². The standard InChI is InChI=1S/C9H7N3O4/c1-16-8-5(4-10)2-3-6(9(11)13)7(8)12(14)15/h2-3H,1H3,(H2,11,13). The van der Waals surface area contributed by atoms with Crippen LogP contribution in [0.15, 0.2) is 12.1 Å². The molecule has 0 radical (unpaired) electrons. The lowest BCUT2D eigenvalue weighted by molar-refractivity contribution is -0.386. The molecule has 2 N–H and O–H groups in total. The number of nitro groups is 1. The molecule has 0 atom stereocenters. The Kier molecular flexibility index (Phi) is 3.06. The van der Waals surface area contributed by atoms with E-state index in [1.54, 1.807) is 6.07 Å². The van der Waals surface area contributed by atoms with Crippen molar-refractivity contribution in [3.8, 4) is 11.8 Å². The number of amides is 1. The first-order valence-electron chi connectivity index (χ1n) is 4.08. The summed E-state index contributed by atoms with van der Waals surface area (Å²) >= 11 is 0. The molecular weight excluding hydrogens is 214 g/mol. The second-order valence-corrected chi connectivity index (χ2v) is 2.78.